The van der Waals surface area contributed by atoms with Gasteiger partial charge in [0.1, 0.15) is 0 Å². The number of rotatable bonds is 3. The normalized spacial score (nSPS) is 19.3. The van der Waals surface area contributed by atoms with Crippen LogP contribution in [0.25, 0.3) is 9.75 Å². The Hall–Kier alpha value is -2.67. The molecular weight excluding hydrogens is 458 g/mol. The summed E-state index contributed by atoms with van der Waals surface area (Å²) in [4.78, 5) is 52.6. The van der Waals surface area contributed by atoms with Crippen molar-refractivity contribution in [2.45, 2.75) is 0 Å². The molecule has 0 atom stereocenters. The first-order valence-electron chi connectivity index (χ1n) is 9.61. The summed E-state index contributed by atoms with van der Waals surface area (Å²) in [6, 6.07) is 7.07. The first-order valence-corrected chi connectivity index (χ1v) is 11.2. The third-order valence-electron chi connectivity index (χ3n) is 4.51. The minimum atomic E-state index is -1.11. The third-order valence-corrected chi connectivity index (χ3v) is 6.92. The molecule has 0 spiro atoms. The van der Waals surface area contributed by atoms with Gasteiger partial charge in [-0.1, -0.05) is 0 Å². The maximum absolute atomic E-state index is 12.0. The van der Waals surface area contributed by atoms with E-state index in [9.17, 15) is 19.2 Å². The molecule has 0 amide bonds. The smallest absolute Gasteiger partial charge is 0.494 e. The van der Waals surface area contributed by atoms with Crippen molar-refractivity contribution < 1.29 is 37.8 Å². The van der Waals surface area contributed by atoms with Crippen molar-refractivity contribution in [1.82, 2.24) is 9.80 Å². The predicted molar refractivity (Wildman–Crippen MR) is 118 cm³/mol. The lowest BCUT2D eigenvalue weighted by molar-refractivity contribution is -0.147. The number of carbonyl (C=O) groups is 4. The summed E-state index contributed by atoms with van der Waals surface area (Å²) in [6.07, 6.45) is 0. The topological polar surface area (TPSA) is 112 Å². The molecule has 2 aliphatic rings. The molecule has 0 saturated carbocycles. The third kappa shape index (κ3) is 5.38. The van der Waals surface area contributed by atoms with Crippen molar-refractivity contribution in [2.24, 2.45) is 0 Å². The van der Waals surface area contributed by atoms with Gasteiger partial charge < -0.3 is 18.6 Å². The first kappa shape index (κ1) is 22.5. The molecule has 0 N–H and O–H groups in total. The number of nitrogens with zero attached hydrogens (tertiary/aromatic N) is 2. The minimum Gasteiger partial charge on any atom is -0.494 e. The maximum Gasteiger partial charge on any atom is 0.647 e. The molecule has 2 aliphatic heterocycles. The van der Waals surface area contributed by atoms with E-state index in [4.69, 9.17) is 18.6 Å². The van der Waals surface area contributed by atoms with Gasteiger partial charge in [-0.3, -0.25) is 29.0 Å². The lowest BCUT2D eigenvalue weighted by atomic mass is 9.87. The molecule has 4 heterocycles. The minimum absolute atomic E-state index is 0.00721. The molecule has 0 aliphatic carbocycles. The first-order chi connectivity index (χ1) is 15.3. The highest BCUT2D eigenvalue weighted by Gasteiger charge is 2.37. The second kappa shape index (κ2) is 9.45. The SMILES string of the molecule is CN1CC(=O)OB(c2ccc(-c3ccc(B4OC(=O)CN(C)CC(=O)O4)s3)s2)OC(=O)C1. The fourth-order valence-electron chi connectivity index (χ4n) is 3.12. The molecule has 0 aromatic carbocycles. The largest absolute Gasteiger partial charge is 0.647 e. The van der Waals surface area contributed by atoms with Gasteiger partial charge in [0.25, 0.3) is 0 Å². The van der Waals surface area contributed by atoms with E-state index < -0.39 is 38.1 Å². The number of likely N-dealkylation sites (N-methyl/N-ethyl adjacent to an activating group) is 2. The molecule has 166 valence electrons. The number of hydrogen-bond donors (Lipinski definition) is 0. The second-order valence-electron chi connectivity index (χ2n) is 7.37. The van der Waals surface area contributed by atoms with Gasteiger partial charge in [0.05, 0.1) is 35.7 Å². The molecule has 4 rings (SSSR count). The molecule has 14 heteroatoms. The van der Waals surface area contributed by atoms with Crippen LogP contribution in [0.1, 0.15) is 0 Å². The van der Waals surface area contributed by atoms with E-state index in [1.807, 2.05) is 12.1 Å². The molecule has 32 heavy (non-hydrogen) atoms. The predicted octanol–water partition coefficient (Wildman–Crippen LogP) is -1.07. The molecular formula is C18H18B2N2O8S2. The monoisotopic (exact) mass is 476 g/mol. The van der Waals surface area contributed by atoms with Crippen LogP contribution in [-0.2, 0) is 37.8 Å². The lowest BCUT2D eigenvalue weighted by Gasteiger charge is -2.21. The summed E-state index contributed by atoms with van der Waals surface area (Å²) in [5, 5.41) is 0. The standard InChI is InChI=1S/C18H18B2N2O8S2/c1-21-7-15(23)27-19(28-16(24)8-21)13-5-3-11(31-13)12-4-6-14(32-12)20-29-17(25)9-22(2)10-18(26)30-20/h3-6H,7-10H2,1-2H3. The average Bonchev–Trinajstić information content (AvgIpc) is 3.33. The van der Waals surface area contributed by atoms with Gasteiger partial charge in [0.15, 0.2) is 0 Å². The molecule has 0 bridgehead atoms. The van der Waals surface area contributed by atoms with E-state index in [2.05, 4.69) is 0 Å². The molecule has 0 radical (unpaired) electrons. The van der Waals surface area contributed by atoms with Crippen LogP contribution in [0.2, 0.25) is 0 Å². The van der Waals surface area contributed by atoms with E-state index in [0.717, 1.165) is 9.75 Å². The number of carbonyl (C=O) groups excluding carboxylic acids is 4. The highest BCUT2D eigenvalue weighted by molar-refractivity contribution is 7.30. The number of hydrogen-bond acceptors (Lipinski definition) is 12. The Morgan fingerprint density at radius 2 is 0.938 bits per heavy atom. The summed E-state index contributed by atoms with van der Waals surface area (Å²) >= 11 is 2.60. The Morgan fingerprint density at radius 1 is 0.625 bits per heavy atom. The zero-order chi connectivity index (χ0) is 22.8. The second-order valence-corrected chi connectivity index (χ2v) is 9.60. The molecule has 2 fully saturated rings. The van der Waals surface area contributed by atoms with Crippen molar-refractivity contribution in [2.75, 3.05) is 40.3 Å². The van der Waals surface area contributed by atoms with Crippen LogP contribution < -0.4 is 9.55 Å². The molecule has 0 unspecified atom stereocenters. The van der Waals surface area contributed by atoms with E-state index in [0.29, 0.717) is 9.55 Å². The maximum atomic E-state index is 12.0. The number of thiophene rings is 2. The van der Waals surface area contributed by atoms with Crippen LogP contribution in [0.15, 0.2) is 24.3 Å². The lowest BCUT2D eigenvalue weighted by Crippen LogP contribution is -2.47. The van der Waals surface area contributed by atoms with Gasteiger partial charge in [-0.2, -0.15) is 0 Å². The van der Waals surface area contributed by atoms with Gasteiger partial charge in [0, 0.05) is 9.75 Å². The summed E-state index contributed by atoms with van der Waals surface area (Å²) in [5.41, 5.74) is 0. The summed E-state index contributed by atoms with van der Waals surface area (Å²) in [5.74, 6) is -1.96. The van der Waals surface area contributed by atoms with Gasteiger partial charge >= 0.3 is 38.1 Å². The van der Waals surface area contributed by atoms with E-state index in [-0.39, 0.29) is 26.2 Å². The van der Waals surface area contributed by atoms with Crippen LogP contribution in [0.4, 0.5) is 0 Å². The van der Waals surface area contributed by atoms with Gasteiger partial charge in [-0.25, -0.2) is 0 Å². The zero-order valence-corrected chi connectivity index (χ0v) is 18.9. The average molecular weight is 476 g/mol. The van der Waals surface area contributed by atoms with Crippen molar-refractivity contribution in [3.8, 4) is 9.75 Å². The van der Waals surface area contributed by atoms with Crippen molar-refractivity contribution in [3.63, 3.8) is 0 Å². The Balaban J connectivity index is 1.50. The van der Waals surface area contributed by atoms with Crippen molar-refractivity contribution in [3.05, 3.63) is 24.3 Å². The van der Waals surface area contributed by atoms with E-state index in [1.165, 1.54) is 32.5 Å². The van der Waals surface area contributed by atoms with Gasteiger partial charge in [-0.05, 0) is 38.4 Å². The Morgan fingerprint density at radius 3 is 1.25 bits per heavy atom. The van der Waals surface area contributed by atoms with Crippen LogP contribution in [-0.4, -0.2) is 88.2 Å². The Bertz CT molecular complexity index is 935. The summed E-state index contributed by atoms with van der Waals surface area (Å²) < 4.78 is 22.3. The quantitative estimate of drug-likeness (QED) is 0.508. The van der Waals surface area contributed by atoms with Crippen molar-refractivity contribution >= 4 is 70.3 Å². The molecule has 2 aromatic heterocycles. The van der Waals surface area contributed by atoms with E-state index >= 15 is 0 Å². The van der Waals surface area contributed by atoms with E-state index in [1.54, 1.807) is 26.2 Å². The molecule has 2 saturated heterocycles. The highest BCUT2D eigenvalue weighted by atomic mass is 32.1. The zero-order valence-electron chi connectivity index (χ0n) is 17.3. The fourth-order valence-corrected chi connectivity index (χ4v) is 5.15. The van der Waals surface area contributed by atoms with Crippen molar-refractivity contribution in [1.29, 1.82) is 0 Å². The van der Waals surface area contributed by atoms with Crippen LogP contribution >= 0.6 is 22.7 Å². The Labute approximate surface area is 192 Å². The van der Waals surface area contributed by atoms with Crippen LogP contribution in [0.3, 0.4) is 0 Å². The van der Waals surface area contributed by atoms with Gasteiger partial charge in [0.2, 0.25) is 0 Å². The summed E-state index contributed by atoms with van der Waals surface area (Å²) in [7, 11) is 1.05. The molecule has 2 aromatic rings. The van der Waals surface area contributed by atoms with Crippen LogP contribution in [0.5, 0.6) is 0 Å². The highest BCUT2D eigenvalue weighted by Crippen LogP contribution is 2.28. The van der Waals surface area contributed by atoms with Crippen LogP contribution in [0, 0.1) is 0 Å². The fraction of sp³-hybridized carbons (Fsp3) is 0.333. The van der Waals surface area contributed by atoms with Gasteiger partial charge in [-0.15, -0.1) is 22.7 Å². The molecule has 10 nitrogen and oxygen atoms in total. The Kier molecular flexibility index (Phi) is 6.65. The summed E-state index contributed by atoms with van der Waals surface area (Å²) in [6.45, 7) is -0.0288.